The highest BCUT2D eigenvalue weighted by molar-refractivity contribution is 7.89. The fourth-order valence-electron chi connectivity index (χ4n) is 1.93. The lowest BCUT2D eigenvalue weighted by atomic mass is 10.1. The smallest absolute Gasteiger partial charge is 0.322 e. The largest absolute Gasteiger partial charge is 0.480 e. The SMILES string of the molecule is CC(C)C[C@H](NS(=O)(=O)c1ccccc1)C(=O)O.COC(=O)[C@@H](N)C(C)C. The van der Waals surface area contributed by atoms with Gasteiger partial charge in [-0.2, -0.15) is 4.72 Å². The third-order valence-electron chi connectivity index (χ3n) is 3.55. The molecule has 0 aliphatic rings. The monoisotopic (exact) mass is 402 g/mol. The van der Waals surface area contributed by atoms with E-state index in [1.165, 1.54) is 19.2 Å². The summed E-state index contributed by atoms with van der Waals surface area (Å²) in [5.74, 6) is -1.27. The van der Waals surface area contributed by atoms with E-state index in [1.807, 2.05) is 27.7 Å². The number of nitrogens with two attached hydrogens (primary N) is 1. The Kier molecular flexibility index (Phi) is 10.8. The third kappa shape index (κ3) is 9.50. The van der Waals surface area contributed by atoms with Crippen LogP contribution >= 0.6 is 0 Å². The quantitative estimate of drug-likeness (QED) is 0.562. The summed E-state index contributed by atoms with van der Waals surface area (Å²) >= 11 is 0. The minimum Gasteiger partial charge on any atom is -0.480 e. The maximum absolute atomic E-state index is 12.0. The van der Waals surface area contributed by atoms with Gasteiger partial charge < -0.3 is 15.6 Å². The Morgan fingerprint density at radius 2 is 1.67 bits per heavy atom. The van der Waals surface area contributed by atoms with Gasteiger partial charge in [-0.25, -0.2) is 8.42 Å². The molecule has 0 fully saturated rings. The van der Waals surface area contributed by atoms with Crippen LogP contribution in [0.2, 0.25) is 0 Å². The van der Waals surface area contributed by atoms with Crippen LogP contribution in [0.15, 0.2) is 35.2 Å². The van der Waals surface area contributed by atoms with E-state index in [4.69, 9.17) is 10.8 Å². The molecule has 1 rings (SSSR count). The summed E-state index contributed by atoms with van der Waals surface area (Å²) in [7, 11) is -2.44. The summed E-state index contributed by atoms with van der Waals surface area (Å²) in [6.45, 7) is 7.43. The molecular formula is C18H30N2O6S. The Labute approximate surface area is 161 Å². The van der Waals surface area contributed by atoms with Gasteiger partial charge in [0.05, 0.1) is 12.0 Å². The Hall–Kier alpha value is -1.97. The molecule has 0 saturated carbocycles. The molecule has 0 bridgehead atoms. The van der Waals surface area contributed by atoms with E-state index in [0.717, 1.165) is 0 Å². The molecule has 0 unspecified atom stereocenters. The number of rotatable bonds is 8. The van der Waals surface area contributed by atoms with E-state index >= 15 is 0 Å². The summed E-state index contributed by atoms with van der Waals surface area (Å²) in [5, 5.41) is 9.01. The van der Waals surface area contributed by atoms with Gasteiger partial charge in [-0.05, 0) is 30.4 Å². The second-order valence-electron chi connectivity index (χ2n) is 6.75. The summed E-state index contributed by atoms with van der Waals surface area (Å²) < 4.78 is 30.5. The number of esters is 1. The van der Waals surface area contributed by atoms with Crippen molar-refractivity contribution in [1.82, 2.24) is 4.72 Å². The average molecular weight is 403 g/mol. The molecule has 9 heteroatoms. The molecule has 0 aliphatic carbocycles. The lowest BCUT2D eigenvalue weighted by Crippen LogP contribution is -2.41. The van der Waals surface area contributed by atoms with Crippen LogP contribution in [0, 0.1) is 11.8 Å². The van der Waals surface area contributed by atoms with Crippen molar-refractivity contribution in [2.75, 3.05) is 7.11 Å². The van der Waals surface area contributed by atoms with Gasteiger partial charge in [-0.1, -0.05) is 45.9 Å². The van der Waals surface area contributed by atoms with E-state index in [0.29, 0.717) is 0 Å². The molecule has 0 aliphatic heterocycles. The van der Waals surface area contributed by atoms with E-state index in [9.17, 15) is 18.0 Å². The van der Waals surface area contributed by atoms with E-state index < -0.39 is 28.1 Å². The first-order valence-electron chi connectivity index (χ1n) is 8.56. The molecule has 154 valence electrons. The summed E-state index contributed by atoms with van der Waals surface area (Å²) in [4.78, 5) is 21.7. The van der Waals surface area contributed by atoms with Crippen LogP contribution in [0.1, 0.15) is 34.1 Å². The number of ether oxygens (including phenoxy) is 1. The van der Waals surface area contributed by atoms with Crippen molar-refractivity contribution in [3.63, 3.8) is 0 Å². The van der Waals surface area contributed by atoms with Gasteiger partial charge in [-0.3, -0.25) is 9.59 Å². The molecule has 4 N–H and O–H groups in total. The second-order valence-corrected chi connectivity index (χ2v) is 8.46. The van der Waals surface area contributed by atoms with Gasteiger partial charge >= 0.3 is 11.9 Å². The highest BCUT2D eigenvalue weighted by Crippen LogP contribution is 2.11. The van der Waals surface area contributed by atoms with Crippen LogP contribution in [-0.4, -0.2) is 44.7 Å². The molecule has 0 radical (unpaired) electrons. The summed E-state index contributed by atoms with van der Waals surface area (Å²) in [6.07, 6.45) is 0.251. The van der Waals surface area contributed by atoms with Crippen LogP contribution in [0.3, 0.4) is 0 Å². The molecule has 0 heterocycles. The topological polar surface area (TPSA) is 136 Å². The highest BCUT2D eigenvalue weighted by Gasteiger charge is 2.25. The van der Waals surface area contributed by atoms with Crippen molar-refractivity contribution >= 4 is 22.0 Å². The van der Waals surface area contributed by atoms with E-state index in [2.05, 4.69) is 9.46 Å². The van der Waals surface area contributed by atoms with Crippen molar-refractivity contribution in [3.8, 4) is 0 Å². The molecule has 0 saturated heterocycles. The minimum atomic E-state index is -3.78. The molecule has 0 aromatic heterocycles. The predicted molar refractivity (Wildman–Crippen MR) is 102 cm³/mol. The number of hydrogen-bond acceptors (Lipinski definition) is 6. The number of sulfonamides is 1. The molecular weight excluding hydrogens is 372 g/mol. The molecule has 1 aromatic carbocycles. The fourth-order valence-corrected chi connectivity index (χ4v) is 3.16. The zero-order valence-corrected chi connectivity index (χ0v) is 17.2. The van der Waals surface area contributed by atoms with Crippen molar-refractivity contribution in [1.29, 1.82) is 0 Å². The first kappa shape index (κ1) is 25.0. The molecule has 8 nitrogen and oxygen atoms in total. The number of hydrogen-bond donors (Lipinski definition) is 3. The maximum atomic E-state index is 12.0. The number of carboxylic acid groups (broad SMARTS) is 1. The zero-order valence-electron chi connectivity index (χ0n) is 16.4. The van der Waals surface area contributed by atoms with E-state index in [-0.39, 0.29) is 29.1 Å². The molecule has 1 aromatic rings. The number of carbonyl (C=O) groups excluding carboxylic acids is 1. The standard InChI is InChI=1S/C12H17NO4S.C6H13NO2/c1-9(2)8-11(12(14)15)13-18(16,17)10-6-4-3-5-7-10;1-4(2)5(7)6(8)9-3/h3-7,9,11,13H,8H2,1-2H3,(H,14,15);4-5H,7H2,1-3H3/t11-;5-/m00/s1. The van der Waals surface area contributed by atoms with Gasteiger partial charge in [-0.15, -0.1) is 0 Å². The number of carbonyl (C=O) groups is 2. The van der Waals surface area contributed by atoms with Gasteiger partial charge in [0.25, 0.3) is 0 Å². The lowest BCUT2D eigenvalue weighted by Gasteiger charge is -2.16. The van der Waals surface area contributed by atoms with E-state index in [1.54, 1.807) is 18.2 Å². The number of benzene rings is 1. The van der Waals surface area contributed by atoms with Crippen LogP contribution in [0.5, 0.6) is 0 Å². The van der Waals surface area contributed by atoms with Crippen molar-refractivity contribution < 1.29 is 27.9 Å². The normalized spacial score (nSPS) is 13.5. The predicted octanol–water partition coefficient (Wildman–Crippen LogP) is 1.61. The molecule has 0 spiro atoms. The highest BCUT2D eigenvalue weighted by atomic mass is 32.2. The Morgan fingerprint density at radius 3 is 2.00 bits per heavy atom. The summed E-state index contributed by atoms with van der Waals surface area (Å²) in [6, 6.07) is 6.15. The van der Waals surface area contributed by atoms with Crippen molar-refractivity contribution in [2.24, 2.45) is 17.6 Å². The van der Waals surface area contributed by atoms with Crippen LogP contribution in [-0.2, 0) is 24.3 Å². The minimum absolute atomic E-state index is 0.0695. The van der Waals surface area contributed by atoms with Gasteiger partial charge in [0.1, 0.15) is 12.1 Å². The Bertz CT molecular complexity index is 689. The number of nitrogens with one attached hydrogen (secondary N) is 1. The van der Waals surface area contributed by atoms with Crippen LogP contribution < -0.4 is 10.5 Å². The Balaban J connectivity index is 0.000000636. The Morgan fingerprint density at radius 1 is 1.15 bits per heavy atom. The molecule has 2 atom stereocenters. The summed E-state index contributed by atoms with van der Waals surface area (Å²) in [5.41, 5.74) is 5.40. The van der Waals surface area contributed by atoms with Crippen molar-refractivity contribution in [2.45, 2.75) is 51.1 Å². The zero-order chi connectivity index (χ0) is 21.2. The fraction of sp³-hybridized carbons (Fsp3) is 0.556. The second kappa shape index (κ2) is 11.7. The first-order chi connectivity index (χ1) is 12.4. The van der Waals surface area contributed by atoms with Crippen molar-refractivity contribution in [3.05, 3.63) is 30.3 Å². The van der Waals surface area contributed by atoms with Crippen LogP contribution in [0.25, 0.3) is 0 Å². The van der Waals surface area contributed by atoms with Gasteiger partial charge in [0, 0.05) is 0 Å². The number of aliphatic carboxylic acids is 1. The van der Waals surface area contributed by atoms with Crippen LogP contribution in [0.4, 0.5) is 0 Å². The first-order valence-corrected chi connectivity index (χ1v) is 10.0. The lowest BCUT2D eigenvalue weighted by molar-refractivity contribution is -0.143. The third-order valence-corrected chi connectivity index (χ3v) is 5.04. The average Bonchev–Trinajstić information content (AvgIpc) is 2.60. The van der Waals surface area contributed by atoms with Gasteiger partial charge in [0.2, 0.25) is 10.0 Å². The van der Waals surface area contributed by atoms with Gasteiger partial charge in [0.15, 0.2) is 0 Å². The maximum Gasteiger partial charge on any atom is 0.322 e. The molecule has 0 amide bonds. The number of methoxy groups -OCH3 is 1. The number of carboxylic acids is 1. The molecule has 27 heavy (non-hydrogen) atoms.